The van der Waals surface area contributed by atoms with Crippen LogP contribution in [0, 0.1) is 18.6 Å². The number of rotatable bonds is 3. The fraction of sp³-hybridized carbons (Fsp3) is 0.133. The summed E-state index contributed by atoms with van der Waals surface area (Å²) in [5.41, 5.74) is 1.27. The van der Waals surface area contributed by atoms with Gasteiger partial charge in [0.15, 0.2) is 5.78 Å². The van der Waals surface area contributed by atoms with Crippen molar-refractivity contribution in [2.45, 2.75) is 13.3 Å². The average molecular weight is 246 g/mol. The third-order valence-electron chi connectivity index (χ3n) is 2.67. The van der Waals surface area contributed by atoms with Crippen molar-refractivity contribution in [2.24, 2.45) is 0 Å². The zero-order chi connectivity index (χ0) is 13.1. The van der Waals surface area contributed by atoms with Gasteiger partial charge in [-0.15, -0.1) is 0 Å². The van der Waals surface area contributed by atoms with Gasteiger partial charge in [0.1, 0.15) is 11.6 Å². The normalized spacial score (nSPS) is 10.4. The summed E-state index contributed by atoms with van der Waals surface area (Å²) in [6.45, 7) is 1.71. The van der Waals surface area contributed by atoms with Gasteiger partial charge < -0.3 is 0 Å². The van der Waals surface area contributed by atoms with Crippen LogP contribution in [-0.2, 0) is 6.42 Å². The number of carbonyl (C=O) groups excluding carboxylic acids is 1. The number of hydrogen-bond donors (Lipinski definition) is 0. The molecule has 0 saturated carbocycles. The van der Waals surface area contributed by atoms with Gasteiger partial charge in [-0.3, -0.25) is 4.79 Å². The van der Waals surface area contributed by atoms with E-state index in [1.54, 1.807) is 31.2 Å². The average Bonchev–Trinajstić information content (AvgIpc) is 2.31. The molecule has 0 aliphatic rings. The van der Waals surface area contributed by atoms with Gasteiger partial charge in [0, 0.05) is 12.0 Å². The van der Waals surface area contributed by atoms with Crippen molar-refractivity contribution in [2.75, 3.05) is 0 Å². The molecule has 0 fully saturated rings. The van der Waals surface area contributed by atoms with Crippen LogP contribution in [0.1, 0.15) is 21.5 Å². The molecule has 0 aromatic heterocycles. The van der Waals surface area contributed by atoms with E-state index in [9.17, 15) is 13.6 Å². The Kier molecular flexibility index (Phi) is 3.51. The Labute approximate surface area is 104 Å². The highest BCUT2D eigenvalue weighted by atomic mass is 19.1. The second kappa shape index (κ2) is 5.08. The lowest BCUT2D eigenvalue weighted by Gasteiger charge is -2.04. The molecule has 0 heterocycles. The summed E-state index contributed by atoms with van der Waals surface area (Å²) in [5.74, 6) is -1.16. The predicted octanol–water partition coefficient (Wildman–Crippen LogP) is 3.70. The molecule has 1 nitrogen and oxygen atoms in total. The van der Waals surface area contributed by atoms with Crippen molar-refractivity contribution >= 4 is 5.78 Å². The van der Waals surface area contributed by atoms with Gasteiger partial charge in [-0.05, 0) is 42.3 Å². The van der Waals surface area contributed by atoms with Gasteiger partial charge in [0.05, 0.1) is 0 Å². The lowest BCUT2D eigenvalue weighted by Crippen LogP contribution is -2.06. The number of aryl methyl sites for hydroxylation is 1. The van der Waals surface area contributed by atoms with Crippen molar-refractivity contribution in [1.29, 1.82) is 0 Å². The molecule has 2 aromatic carbocycles. The summed E-state index contributed by atoms with van der Waals surface area (Å²) in [5, 5.41) is 0. The van der Waals surface area contributed by atoms with E-state index in [0.29, 0.717) is 11.1 Å². The maximum Gasteiger partial charge on any atom is 0.167 e. The molecule has 0 unspecified atom stereocenters. The molecule has 0 N–H and O–H groups in total. The first kappa shape index (κ1) is 12.4. The van der Waals surface area contributed by atoms with E-state index in [2.05, 4.69) is 0 Å². The Morgan fingerprint density at radius 1 is 1.11 bits per heavy atom. The number of hydrogen-bond acceptors (Lipinski definition) is 1. The third kappa shape index (κ3) is 2.80. The molecule has 2 rings (SSSR count). The molecule has 3 heteroatoms. The smallest absolute Gasteiger partial charge is 0.167 e. The summed E-state index contributed by atoms with van der Waals surface area (Å²) in [6.07, 6.45) is -0.0600. The van der Waals surface area contributed by atoms with Crippen molar-refractivity contribution in [3.8, 4) is 0 Å². The van der Waals surface area contributed by atoms with Crippen molar-refractivity contribution in [3.63, 3.8) is 0 Å². The standard InChI is InChI=1S/C15H12F2O/c1-10-6-12(8-13(16)7-10)15(18)9-11-4-2-3-5-14(11)17/h2-8H,9H2,1H3. The van der Waals surface area contributed by atoms with Gasteiger partial charge in [-0.25, -0.2) is 8.78 Å². The summed E-state index contributed by atoms with van der Waals surface area (Å²) >= 11 is 0. The molecule has 0 aliphatic carbocycles. The molecule has 92 valence electrons. The summed E-state index contributed by atoms with van der Waals surface area (Å²) < 4.78 is 26.6. The fourth-order valence-corrected chi connectivity index (χ4v) is 1.81. The van der Waals surface area contributed by atoms with E-state index in [4.69, 9.17) is 0 Å². The lowest BCUT2D eigenvalue weighted by atomic mass is 10.0. The first-order chi connectivity index (χ1) is 8.56. The molecule has 18 heavy (non-hydrogen) atoms. The third-order valence-corrected chi connectivity index (χ3v) is 2.67. The SMILES string of the molecule is Cc1cc(F)cc(C(=O)Cc2ccccc2F)c1. The van der Waals surface area contributed by atoms with Crippen LogP contribution < -0.4 is 0 Å². The number of ketones is 1. The van der Waals surface area contributed by atoms with E-state index in [-0.39, 0.29) is 17.8 Å². The predicted molar refractivity (Wildman–Crippen MR) is 65.6 cm³/mol. The number of halogens is 2. The first-order valence-electron chi connectivity index (χ1n) is 5.60. The molecule has 0 atom stereocenters. The summed E-state index contributed by atoms with van der Waals surface area (Å²) in [6, 6.07) is 10.2. The number of carbonyl (C=O) groups is 1. The Hall–Kier alpha value is -2.03. The monoisotopic (exact) mass is 246 g/mol. The molecule has 0 saturated heterocycles. The second-order valence-corrected chi connectivity index (χ2v) is 4.21. The topological polar surface area (TPSA) is 17.1 Å². The highest BCUT2D eigenvalue weighted by Gasteiger charge is 2.11. The Morgan fingerprint density at radius 2 is 1.83 bits per heavy atom. The van der Waals surface area contributed by atoms with E-state index >= 15 is 0 Å². The van der Waals surface area contributed by atoms with Crippen LogP contribution in [0.25, 0.3) is 0 Å². The molecule has 0 radical (unpaired) electrons. The Bertz CT molecular complexity index is 571. The van der Waals surface area contributed by atoms with Gasteiger partial charge in [-0.2, -0.15) is 0 Å². The van der Waals surface area contributed by atoms with E-state index in [1.807, 2.05) is 0 Å². The molecule has 0 aliphatic heterocycles. The minimum Gasteiger partial charge on any atom is -0.294 e. The second-order valence-electron chi connectivity index (χ2n) is 4.21. The fourth-order valence-electron chi connectivity index (χ4n) is 1.81. The van der Waals surface area contributed by atoms with Crippen LogP contribution in [0.2, 0.25) is 0 Å². The molecule has 0 amide bonds. The number of Topliss-reactive ketones (excluding diaryl/α,β-unsaturated/α-hetero) is 1. The maximum absolute atomic E-state index is 13.4. The Balaban J connectivity index is 2.25. The summed E-state index contributed by atoms with van der Waals surface area (Å²) in [7, 11) is 0. The van der Waals surface area contributed by atoms with E-state index in [0.717, 1.165) is 0 Å². The number of benzene rings is 2. The highest BCUT2D eigenvalue weighted by molar-refractivity contribution is 5.97. The van der Waals surface area contributed by atoms with Crippen molar-refractivity contribution in [3.05, 3.63) is 70.8 Å². The van der Waals surface area contributed by atoms with Crippen molar-refractivity contribution in [1.82, 2.24) is 0 Å². The zero-order valence-corrected chi connectivity index (χ0v) is 9.91. The zero-order valence-electron chi connectivity index (χ0n) is 9.91. The maximum atomic E-state index is 13.4. The molecular weight excluding hydrogens is 234 g/mol. The van der Waals surface area contributed by atoms with Crippen LogP contribution in [-0.4, -0.2) is 5.78 Å². The van der Waals surface area contributed by atoms with Gasteiger partial charge in [0.25, 0.3) is 0 Å². The molecular formula is C15H12F2O. The minimum atomic E-state index is -0.452. The van der Waals surface area contributed by atoms with E-state index < -0.39 is 11.6 Å². The quantitative estimate of drug-likeness (QED) is 0.755. The first-order valence-corrected chi connectivity index (χ1v) is 5.60. The molecule has 0 bridgehead atoms. The van der Waals surface area contributed by atoms with Crippen LogP contribution in [0.3, 0.4) is 0 Å². The Morgan fingerprint density at radius 3 is 2.50 bits per heavy atom. The summed E-state index contributed by atoms with van der Waals surface area (Å²) in [4.78, 5) is 11.9. The van der Waals surface area contributed by atoms with E-state index in [1.165, 1.54) is 18.2 Å². The van der Waals surface area contributed by atoms with Crippen LogP contribution in [0.5, 0.6) is 0 Å². The van der Waals surface area contributed by atoms with Crippen LogP contribution >= 0.6 is 0 Å². The lowest BCUT2D eigenvalue weighted by molar-refractivity contribution is 0.0991. The van der Waals surface area contributed by atoms with Gasteiger partial charge >= 0.3 is 0 Å². The van der Waals surface area contributed by atoms with Gasteiger partial charge in [0.2, 0.25) is 0 Å². The molecule has 2 aromatic rings. The molecule has 0 spiro atoms. The van der Waals surface area contributed by atoms with Gasteiger partial charge in [-0.1, -0.05) is 18.2 Å². The largest absolute Gasteiger partial charge is 0.294 e. The van der Waals surface area contributed by atoms with Crippen LogP contribution in [0.15, 0.2) is 42.5 Å². The minimum absolute atomic E-state index is 0.0600. The highest BCUT2D eigenvalue weighted by Crippen LogP contribution is 2.14. The van der Waals surface area contributed by atoms with Crippen molar-refractivity contribution < 1.29 is 13.6 Å². The van der Waals surface area contributed by atoms with Crippen LogP contribution in [0.4, 0.5) is 8.78 Å².